The van der Waals surface area contributed by atoms with E-state index >= 15 is 0 Å². The van der Waals surface area contributed by atoms with Crippen LogP contribution in [-0.2, 0) is 0 Å². The first-order valence-electron chi connectivity index (χ1n) is 6.45. The number of nitrogens with one attached hydrogen (secondary N) is 1. The Balaban J connectivity index is 2.22. The molecule has 0 aliphatic rings. The number of hydrogen-bond acceptors (Lipinski definition) is 6. The van der Waals surface area contributed by atoms with Crippen molar-refractivity contribution in [1.29, 1.82) is 5.26 Å². The molecule has 112 valence electrons. The Morgan fingerprint density at radius 2 is 2.09 bits per heavy atom. The number of aromatic carboxylic acids is 1. The number of rotatable bonds is 3. The molecule has 0 spiro atoms. The minimum Gasteiger partial charge on any atom is -0.505 e. The fourth-order valence-corrected chi connectivity index (χ4v) is 2.12. The van der Waals surface area contributed by atoms with Crippen molar-refractivity contribution in [3.05, 3.63) is 47.7 Å². The number of azo groups is 1. The van der Waals surface area contributed by atoms with Gasteiger partial charge < -0.3 is 10.2 Å². The fourth-order valence-electron chi connectivity index (χ4n) is 2.12. The molecule has 0 amide bonds. The number of carbonyl (C=O) groups is 1. The van der Waals surface area contributed by atoms with Crippen molar-refractivity contribution in [2.75, 3.05) is 0 Å². The van der Waals surface area contributed by atoms with Gasteiger partial charge in [-0.05, 0) is 11.5 Å². The lowest BCUT2D eigenvalue weighted by Gasteiger charge is -2.07. The van der Waals surface area contributed by atoms with Gasteiger partial charge in [0.2, 0.25) is 0 Å². The number of benzene rings is 2. The second kappa shape index (κ2) is 5.57. The Bertz CT molecular complexity index is 984. The molecule has 0 radical (unpaired) electrons. The summed E-state index contributed by atoms with van der Waals surface area (Å²) in [5.41, 5.74) is -0.0753. The Kier molecular flexibility index (Phi) is 3.44. The number of carboxylic acid groups (broad SMARTS) is 1. The Labute approximate surface area is 129 Å². The molecule has 1 aromatic heterocycles. The molecule has 0 atom stereocenters. The minimum atomic E-state index is -1.27. The van der Waals surface area contributed by atoms with Crippen LogP contribution >= 0.6 is 0 Å². The van der Waals surface area contributed by atoms with Gasteiger partial charge in [0.15, 0.2) is 11.6 Å². The molecule has 0 aliphatic carbocycles. The first-order valence-corrected chi connectivity index (χ1v) is 6.45. The topological polar surface area (TPSA) is 135 Å². The Morgan fingerprint density at radius 1 is 1.30 bits per heavy atom. The molecule has 0 aliphatic heterocycles. The van der Waals surface area contributed by atoms with Gasteiger partial charge in [0.25, 0.3) is 0 Å². The van der Waals surface area contributed by atoms with Crippen LogP contribution in [0.2, 0.25) is 0 Å². The summed E-state index contributed by atoms with van der Waals surface area (Å²) in [6, 6.07) is 10.1. The first-order chi connectivity index (χ1) is 11.1. The molecule has 0 saturated heterocycles. The molecular formula is C15H9N5O3. The second-order valence-corrected chi connectivity index (χ2v) is 4.59. The number of nitriles is 1. The second-order valence-electron chi connectivity index (χ2n) is 4.59. The third-order valence-corrected chi connectivity index (χ3v) is 3.22. The van der Waals surface area contributed by atoms with Gasteiger partial charge in [-0.25, -0.2) is 4.79 Å². The molecule has 2 aromatic carbocycles. The molecule has 0 bridgehead atoms. The van der Waals surface area contributed by atoms with E-state index in [1.807, 2.05) is 6.07 Å². The van der Waals surface area contributed by atoms with Gasteiger partial charge in [-0.1, -0.05) is 24.3 Å². The number of H-pyrrole nitrogens is 1. The molecule has 1 heterocycles. The largest absolute Gasteiger partial charge is 0.505 e. The number of fused-ring (bicyclic) bond motifs is 1. The highest BCUT2D eigenvalue weighted by Gasteiger charge is 2.17. The summed E-state index contributed by atoms with van der Waals surface area (Å²) in [7, 11) is 0. The van der Waals surface area contributed by atoms with Crippen LogP contribution in [0.3, 0.4) is 0 Å². The maximum atomic E-state index is 11.3. The van der Waals surface area contributed by atoms with Crippen molar-refractivity contribution in [1.82, 2.24) is 10.2 Å². The average Bonchev–Trinajstić information content (AvgIpc) is 3.00. The highest BCUT2D eigenvalue weighted by atomic mass is 16.4. The molecule has 8 heteroatoms. The summed E-state index contributed by atoms with van der Waals surface area (Å²) in [6.07, 6.45) is 1.29. The van der Waals surface area contributed by atoms with Crippen LogP contribution in [0.25, 0.3) is 10.8 Å². The number of aromatic hydroxyl groups is 1. The molecule has 0 fully saturated rings. The van der Waals surface area contributed by atoms with Crippen molar-refractivity contribution >= 4 is 28.2 Å². The summed E-state index contributed by atoms with van der Waals surface area (Å²) >= 11 is 0. The first kappa shape index (κ1) is 14.2. The van der Waals surface area contributed by atoms with Gasteiger partial charge in [0, 0.05) is 5.39 Å². The molecule has 3 N–H and O–H groups in total. The summed E-state index contributed by atoms with van der Waals surface area (Å²) in [4.78, 5) is 11.3. The van der Waals surface area contributed by atoms with Crippen LogP contribution in [-0.4, -0.2) is 26.4 Å². The van der Waals surface area contributed by atoms with Crippen molar-refractivity contribution < 1.29 is 15.0 Å². The van der Waals surface area contributed by atoms with E-state index in [1.54, 1.807) is 24.3 Å². The van der Waals surface area contributed by atoms with Crippen molar-refractivity contribution in [3.63, 3.8) is 0 Å². The van der Waals surface area contributed by atoms with Gasteiger partial charge in [-0.3, -0.25) is 5.10 Å². The van der Waals surface area contributed by atoms with Crippen LogP contribution in [0.15, 0.2) is 46.8 Å². The quantitative estimate of drug-likeness (QED) is 0.638. The zero-order valence-electron chi connectivity index (χ0n) is 11.6. The predicted molar refractivity (Wildman–Crippen MR) is 80.1 cm³/mol. The van der Waals surface area contributed by atoms with E-state index in [0.717, 1.165) is 0 Å². The summed E-state index contributed by atoms with van der Waals surface area (Å²) in [6.45, 7) is 0. The third kappa shape index (κ3) is 2.47. The molecular weight excluding hydrogens is 298 g/mol. The number of phenols is 1. The summed E-state index contributed by atoms with van der Waals surface area (Å²) in [5, 5.41) is 43.4. The lowest BCUT2D eigenvalue weighted by Crippen LogP contribution is -1.97. The lowest BCUT2D eigenvalue weighted by molar-refractivity contribution is 0.0694. The molecule has 3 aromatic rings. The van der Waals surface area contributed by atoms with E-state index < -0.39 is 11.7 Å². The zero-order chi connectivity index (χ0) is 16.4. The van der Waals surface area contributed by atoms with E-state index in [9.17, 15) is 15.0 Å². The summed E-state index contributed by atoms with van der Waals surface area (Å²) in [5.74, 6) is -1.64. The maximum absolute atomic E-state index is 11.3. The van der Waals surface area contributed by atoms with Crippen molar-refractivity contribution in [2.45, 2.75) is 0 Å². The minimum absolute atomic E-state index is 0.0130. The number of aromatic nitrogens is 2. The van der Waals surface area contributed by atoms with E-state index in [-0.39, 0.29) is 22.6 Å². The number of nitrogens with zero attached hydrogens (tertiary/aromatic N) is 4. The van der Waals surface area contributed by atoms with Gasteiger partial charge in [0.05, 0.1) is 6.20 Å². The van der Waals surface area contributed by atoms with Crippen LogP contribution in [0.4, 0.5) is 11.5 Å². The van der Waals surface area contributed by atoms with Crippen LogP contribution in [0, 0.1) is 11.3 Å². The van der Waals surface area contributed by atoms with E-state index in [0.29, 0.717) is 10.8 Å². The highest BCUT2D eigenvalue weighted by Crippen LogP contribution is 2.39. The highest BCUT2D eigenvalue weighted by molar-refractivity contribution is 6.04. The molecule has 8 nitrogen and oxygen atoms in total. The smallest absolute Gasteiger partial charge is 0.339 e. The standard InChI is InChI=1S/C15H9N5O3/c16-6-9-7-17-19-14(9)20-18-12-10-4-2-1-3-8(10)5-11(13(12)21)15(22)23/h1-5,7,21H,(H,17,19)(H,22,23)/b20-18+. The number of hydrogen-bond donors (Lipinski definition) is 3. The van der Waals surface area contributed by atoms with E-state index in [2.05, 4.69) is 20.4 Å². The molecule has 0 saturated carbocycles. The normalized spacial score (nSPS) is 10.9. The molecule has 0 unspecified atom stereocenters. The summed E-state index contributed by atoms with van der Waals surface area (Å²) < 4.78 is 0. The average molecular weight is 307 g/mol. The van der Waals surface area contributed by atoms with Gasteiger partial charge in [-0.2, -0.15) is 10.4 Å². The lowest BCUT2D eigenvalue weighted by atomic mass is 10.0. The van der Waals surface area contributed by atoms with E-state index in [1.165, 1.54) is 12.3 Å². The number of aromatic amines is 1. The van der Waals surface area contributed by atoms with Crippen LogP contribution < -0.4 is 0 Å². The monoisotopic (exact) mass is 307 g/mol. The molecule has 23 heavy (non-hydrogen) atoms. The van der Waals surface area contributed by atoms with Gasteiger partial charge in [-0.15, -0.1) is 10.2 Å². The maximum Gasteiger partial charge on any atom is 0.339 e. The van der Waals surface area contributed by atoms with Crippen molar-refractivity contribution in [2.24, 2.45) is 10.2 Å². The van der Waals surface area contributed by atoms with Crippen molar-refractivity contribution in [3.8, 4) is 11.8 Å². The zero-order valence-corrected chi connectivity index (χ0v) is 11.6. The SMILES string of the molecule is N#Cc1cn[nH]c1/N=N/c1c(O)c(C(=O)O)cc2ccccc12. The fraction of sp³-hybridized carbons (Fsp3) is 0. The Hall–Kier alpha value is -3.73. The predicted octanol–water partition coefficient (Wildman–Crippen LogP) is 3.25. The van der Waals surface area contributed by atoms with Gasteiger partial charge in [0.1, 0.15) is 22.9 Å². The Morgan fingerprint density at radius 3 is 2.83 bits per heavy atom. The van der Waals surface area contributed by atoms with E-state index in [4.69, 9.17) is 5.26 Å². The van der Waals surface area contributed by atoms with Crippen LogP contribution in [0.5, 0.6) is 5.75 Å². The number of carboxylic acids is 1. The molecule has 3 rings (SSSR count). The third-order valence-electron chi connectivity index (χ3n) is 3.22. The van der Waals surface area contributed by atoms with Crippen LogP contribution in [0.1, 0.15) is 15.9 Å². The van der Waals surface area contributed by atoms with Gasteiger partial charge >= 0.3 is 5.97 Å².